The van der Waals surface area contributed by atoms with Crippen LogP contribution in [-0.4, -0.2) is 36.8 Å². The first-order valence-corrected chi connectivity index (χ1v) is 8.53. The number of fused-ring (bicyclic) bond motifs is 1. The highest BCUT2D eigenvalue weighted by Crippen LogP contribution is 2.43. The van der Waals surface area contributed by atoms with E-state index in [1.54, 1.807) is 6.07 Å². The lowest BCUT2D eigenvalue weighted by atomic mass is 9.67. The lowest BCUT2D eigenvalue weighted by molar-refractivity contribution is -0.154. The van der Waals surface area contributed by atoms with Crippen molar-refractivity contribution in [3.63, 3.8) is 0 Å². The smallest absolute Gasteiger partial charge is 0.422 e. The number of rotatable bonds is 5. The van der Waals surface area contributed by atoms with E-state index in [0.717, 1.165) is 32.2 Å². The van der Waals surface area contributed by atoms with Gasteiger partial charge < -0.3 is 15.4 Å². The second-order valence-corrected chi connectivity index (χ2v) is 6.82. The van der Waals surface area contributed by atoms with E-state index in [0.29, 0.717) is 18.0 Å². The van der Waals surface area contributed by atoms with Gasteiger partial charge in [0.05, 0.1) is 5.41 Å². The fourth-order valence-electron chi connectivity index (χ4n) is 3.84. The Hall–Kier alpha value is -1.25. The fraction of sp³-hybridized carbons (Fsp3) is 0.647. The van der Waals surface area contributed by atoms with Gasteiger partial charge in [0.25, 0.3) is 0 Å². The molecule has 0 unspecified atom stereocenters. The lowest BCUT2D eigenvalue weighted by Gasteiger charge is -2.37. The molecular weight excluding hydrogens is 406 g/mol. The van der Waals surface area contributed by atoms with Crippen LogP contribution in [0.15, 0.2) is 18.3 Å². The standard InChI is InChI=1S/C17H22F3N3O2.2ClH/c18-17(19,20)11-25-14-7-12(4-6-22-14)8-23-15(24)16-5-2-1-3-13(16)9-21-10-16;;/h4,6-7,13,21H,1-3,5,8-11H2,(H,23,24);2*1H/t13-,16+;;/m0../s1. The van der Waals surface area contributed by atoms with Crippen molar-refractivity contribution in [1.82, 2.24) is 15.6 Å². The molecule has 27 heavy (non-hydrogen) atoms. The number of nitrogens with one attached hydrogen (secondary N) is 2. The molecule has 1 aliphatic carbocycles. The van der Waals surface area contributed by atoms with Gasteiger partial charge in [-0.15, -0.1) is 24.8 Å². The summed E-state index contributed by atoms with van der Waals surface area (Å²) in [6.07, 6.45) is 1.13. The second-order valence-electron chi connectivity index (χ2n) is 6.82. The third kappa shape index (κ3) is 5.86. The summed E-state index contributed by atoms with van der Waals surface area (Å²) in [5.74, 6) is 0.293. The monoisotopic (exact) mass is 429 g/mol. The minimum absolute atomic E-state index is 0. The van der Waals surface area contributed by atoms with Crippen LogP contribution < -0.4 is 15.4 Å². The highest BCUT2D eigenvalue weighted by molar-refractivity contribution is 5.85. The Labute approximate surface area is 168 Å². The number of aromatic nitrogens is 1. The summed E-state index contributed by atoms with van der Waals surface area (Å²) in [6, 6.07) is 3.08. The van der Waals surface area contributed by atoms with Gasteiger partial charge >= 0.3 is 6.18 Å². The number of carbonyl (C=O) groups is 1. The zero-order chi connectivity index (χ0) is 17.9. The van der Waals surface area contributed by atoms with E-state index in [2.05, 4.69) is 20.4 Å². The molecule has 1 saturated heterocycles. The van der Waals surface area contributed by atoms with Gasteiger partial charge in [-0.1, -0.05) is 12.8 Å². The molecule has 0 bridgehead atoms. The van der Waals surface area contributed by atoms with Crippen molar-refractivity contribution in [3.05, 3.63) is 23.9 Å². The van der Waals surface area contributed by atoms with E-state index >= 15 is 0 Å². The molecule has 1 aliphatic heterocycles. The van der Waals surface area contributed by atoms with Gasteiger partial charge in [0.2, 0.25) is 11.8 Å². The fourth-order valence-corrected chi connectivity index (χ4v) is 3.84. The number of nitrogens with zero attached hydrogens (tertiary/aromatic N) is 1. The number of carbonyl (C=O) groups excluding carboxylic acids is 1. The summed E-state index contributed by atoms with van der Waals surface area (Å²) >= 11 is 0. The first-order valence-electron chi connectivity index (χ1n) is 8.53. The highest BCUT2D eigenvalue weighted by atomic mass is 35.5. The molecule has 2 N–H and O–H groups in total. The topological polar surface area (TPSA) is 63.2 Å². The van der Waals surface area contributed by atoms with E-state index in [9.17, 15) is 18.0 Å². The molecule has 1 amide bonds. The molecule has 0 aromatic carbocycles. The maximum Gasteiger partial charge on any atom is 0.422 e. The van der Waals surface area contributed by atoms with Gasteiger partial charge in [-0.3, -0.25) is 4.79 Å². The van der Waals surface area contributed by atoms with Crippen molar-refractivity contribution in [2.45, 2.75) is 38.4 Å². The summed E-state index contributed by atoms with van der Waals surface area (Å²) in [6.45, 7) is 0.433. The van der Waals surface area contributed by atoms with E-state index in [1.807, 2.05) is 0 Å². The third-order valence-electron chi connectivity index (χ3n) is 5.13. The Morgan fingerprint density at radius 1 is 1.37 bits per heavy atom. The van der Waals surface area contributed by atoms with Crippen molar-refractivity contribution < 1.29 is 22.7 Å². The van der Waals surface area contributed by atoms with Crippen LogP contribution in [0.5, 0.6) is 5.88 Å². The normalized spacial score (nSPS) is 24.2. The Morgan fingerprint density at radius 2 is 2.15 bits per heavy atom. The van der Waals surface area contributed by atoms with E-state index < -0.39 is 12.8 Å². The molecule has 2 aliphatic rings. The summed E-state index contributed by atoms with van der Waals surface area (Å²) in [4.78, 5) is 16.5. The molecule has 2 atom stereocenters. The average molecular weight is 430 g/mol. The SMILES string of the molecule is Cl.Cl.O=C(NCc1ccnc(OCC(F)(F)F)c1)[C@@]12CCCC[C@H]1CNC2. The highest BCUT2D eigenvalue weighted by Gasteiger charge is 2.49. The van der Waals surface area contributed by atoms with Crippen molar-refractivity contribution in [1.29, 1.82) is 0 Å². The van der Waals surface area contributed by atoms with Gasteiger partial charge in [0, 0.05) is 25.4 Å². The van der Waals surface area contributed by atoms with Crippen LogP contribution in [0.3, 0.4) is 0 Å². The minimum atomic E-state index is -4.41. The molecule has 0 radical (unpaired) electrons. The van der Waals surface area contributed by atoms with Crippen LogP contribution in [0.1, 0.15) is 31.2 Å². The molecule has 5 nitrogen and oxygen atoms in total. The Morgan fingerprint density at radius 3 is 2.89 bits per heavy atom. The van der Waals surface area contributed by atoms with E-state index in [-0.39, 0.29) is 48.6 Å². The first kappa shape index (κ1) is 23.8. The van der Waals surface area contributed by atoms with Gasteiger partial charge in [0.15, 0.2) is 6.61 Å². The van der Waals surface area contributed by atoms with Gasteiger partial charge in [0.1, 0.15) is 0 Å². The number of alkyl halides is 3. The largest absolute Gasteiger partial charge is 0.468 e. The molecule has 2 heterocycles. The first-order chi connectivity index (χ1) is 11.9. The lowest BCUT2D eigenvalue weighted by Crippen LogP contribution is -2.47. The number of hydrogen-bond donors (Lipinski definition) is 2. The predicted octanol–water partition coefficient (Wildman–Crippen LogP) is 3.26. The number of pyridine rings is 1. The molecule has 10 heteroatoms. The Balaban J connectivity index is 0.00000182. The van der Waals surface area contributed by atoms with Crippen molar-refractivity contribution in [3.8, 4) is 5.88 Å². The van der Waals surface area contributed by atoms with Crippen molar-refractivity contribution in [2.24, 2.45) is 11.3 Å². The zero-order valence-corrected chi connectivity index (χ0v) is 16.3. The quantitative estimate of drug-likeness (QED) is 0.753. The van der Waals surface area contributed by atoms with Gasteiger partial charge in [-0.05, 0) is 36.9 Å². The van der Waals surface area contributed by atoms with Gasteiger partial charge in [-0.25, -0.2) is 4.98 Å². The summed E-state index contributed by atoms with van der Waals surface area (Å²) in [7, 11) is 0. The number of amides is 1. The van der Waals surface area contributed by atoms with Crippen LogP contribution in [0, 0.1) is 11.3 Å². The summed E-state index contributed by atoms with van der Waals surface area (Å²) in [5, 5.41) is 6.27. The van der Waals surface area contributed by atoms with E-state index in [1.165, 1.54) is 12.3 Å². The molecule has 1 aromatic rings. The van der Waals surface area contributed by atoms with Crippen LogP contribution in [-0.2, 0) is 11.3 Å². The molecule has 1 saturated carbocycles. The van der Waals surface area contributed by atoms with Crippen LogP contribution in [0.4, 0.5) is 13.2 Å². The van der Waals surface area contributed by atoms with E-state index in [4.69, 9.17) is 0 Å². The second kappa shape index (κ2) is 9.80. The van der Waals surface area contributed by atoms with Crippen LogP contribution in [0.25, 0.3) is 0 Å². The maximum atomic E-state index is 12.8. The zero-order valence-electron chi connectivity index (χ0n) is 14.7. The van der Waals surface area contributed by atoms with Crippen LogP contribution >= 0.6 is 24.8 Å². The van der Waals surface area contributed by atoms with Crippen molar-refractivity contribution in [2.75, 3.05) is 19.7 Å². The summed E-state index contributed by atoms with van der Waals surface area (Å²) in [5.41, 5.74) is 0.316. The molecule has 0 spiro atoms. The number of hydrogen-bond acceptors (Lipinski definition) is 4. The molecule has 3 rings (SSSR count). The molecular formula is C17H24Cl2F3N3O2. The average Bonchev–Trinajstić information content (AvgIpc) is 3.03. The summed E-state index contributed by atoms with van der Waals surface area (Å²) < 4.78 is 41.3. The third-order valence-corrected chi connectivity index (χ3v) is 5.13. The Kier molecular flexibility index (Phi) is 8.63. The molecule has 2 fully saturated rings. The van der Waals surface area contributed by atoms with Crippen LogP contribution in [0.2, 0.25) is 0 Å². The molecule has 154 valence electrons. The van der Waals surface area contributed by atoms with Crippen molar-refractivity contribution >= 4 is 30.7 Å². The Bertz CT molecular complexity index is 634. The predicted molar refractivity (Wildman–Crippen MR) is 99.4 cm³/mol. The number of halogens is 5. The minimum Gasteiger partial charge on any atom is -0.468 e. The molecule has 1 aromatic heterocycles. The number of ether oxygens (including phenoxy) is 1. The maximum absolute atomic E-state index is 12.8. The van der Waals surface area contributed by atoms with Gasteiger partial charge in [-0.2, -0.15) is 13.2 Å².